The van der Waals surface area contributed by atoms with Crippen molar-refractivity contribution in [3.63, 3.8) is 0 Å². The minimum absolute atomic E-state index is 0.0462. The number of likely N-dealkylation sites (N-methyl/N-ethyl adjacent to an activating group) is 1. The van der Waals surface area contributed by atoms with E-state index >= 15 is 0 Å². The van der Waals surface area contributed by atoms with E-state index in [9.17, 15) is 0 Å². The van der Waals surface area contributed by atoms with Gasteiger partial charge in [-0.05, 0) is 52.5 Å². The number of imidazole rings is 1. The molecule has 1 fully saturated rings. The van der Waals surface area contributed by atoms with Crippen LogP contribution in [0.1, 0.15) is 26.1 Å². The third-order valence-electron chi connectivity index (χ3n) is 5.25. The second-order valence-corrected chi connectivity index (χ2v) is 7.38. The zero-order chi connectivity index (χ0) is 18.7. The molecule has 3 rings (SSSR count). The van der Waals surface area contributed by atoms with Crippen molar-refractivity contribution in [2.75, 3.05) is 33.2 Å². The maximum Gasteiger partial charge on any atom is 0.176 e. The van der Waals surface area contributed by atoms with Crippen LogP contribution < -0.4 is 0 Å². The van der Waals surface area contributed by atoms with E-state index in [1.54, 1.807) is 4.57 Å². The molecule has 7 heteroatoms. The largest absolute Gasteiger partial charge is 0.305 e. The second-order valence-electron chi connectivity index (χ2n) is 7.02. The van der Waals surface area contributed by atoms with Crippen molar-refractivity contribution in [2.45, 2.75) is 32.4 Å². The number of fused-ring (bicyclic) bond motifs is 1. The maximum absolute atomic E-state index is 7.72. The van der Waals surface area contributed by atoms with Crippen LogP contribution in [0, 0.1) is 5.41 Å². The van der Waals surface area contributed by atoms with E-state index < -0.39 is 0 Å². The van der Waals surface area contributed by atoms with Crippen molar-refractivity contribution in [2.24, 2.45) is 4.99 Å². The van der Waals surface area contributed by atoms with Gasteiger partial charge in [0.2, 0.25) is 0 Å². The molecule has 1 aromatic carbocycles. The number of para-hydroxylation sites is 2. The first-order chi connectivity index (χ1) is 12.5. The molecule has 1 saturated heterocycles. The van der Waals surface area contributed by atoms with Gasteiger partial charge in [-0.15, -0.1) is 0 Å². The van der Waals surface area contributed by atoms with Gasteiger partial charge in [0.05, 0.1) is 23.4 Å². The lowest BCUT2D eigenvalue weighted by molar-refractivity contribution is 0.196. The van der Waals surface area contributed by atoms with Gasteiger partial charge in [0.1, 0.15) is 0 Å². The van der Waals surface area contributed by atoms with Crippen LogP contribution in [-0.4, -0.2) is 76.2 Å². The summed E-state index contributed by atoms with van der Waals surface area (Å²) in [6.07, 6.45) is 2.41. The van der Waals surface area contributed by atoms with Gasteiger partial charge in [-0.25, -0.2) is 4.98 Å². The van der Waals surface area contributed by atoms with Gasteiger partial charge in [0.25, 0.3) is 0 Å². The van der Waals surface area contributed by atoms with E-state index in [4.69, 9.17) is 22.0 Å². The summed E-state index contributed by atoms with van der Waals surface area (Å²) in [6.45, 7) is 8.67. The van der Waals surface area contributed by atoms with E-state index in [1.165, 1.54) is 12.8 Å². The van der Waals surface area contributed by atoms with Crippen LogP contribution in [0.3, 0.4) is 0 Å². The molecule has 1 unspecified atom stereocenters. The van der Waals surface area contributed by atoms with Gasteiger partial charge in [-0.2, -0.15) is 0 Å². The predicted molar refractivity (Wildman–Crippen MR) is 109 cm³/mol. The Hall–Kier alpha value is -1.76. The Bertz CT molecular complexity index is 798. The first kappa shape index (κ1) is 19.0. The summed E-state index contributed by atoms with van der Waals surface area (Å²) in [7, 11) is 2.18. The Morgan fingerprint density at radius 1 is 1.23 bits per heavy atom. The van der Waals surface area contributed by atoms with Crippen LogP contribution in [0.15, 0.2) is 29.3 Å². The van der Waals surface area contributed by atoms with Gasteiger partial charge >= 0.3 is 0 Å². The Labute approximate surface area is 160 Å². The second kappa shape index (κ2) is 8.29. The van der Waals surface area contributed by atoms with Crippen molar-refractivity contribution in [3.8, 4) is 0 Å². The molecule has 1 aliphatic rings. The fourth-order valence-electron chi connectivity index (χ4n) is 3.44. The molecule has 140 valence electrons. The smallest absolute Gasteiger partial charge is 0.176 e. The minimum Gasteiger partial charge on any atom is -0.305 e. The highest BCUT2D eigenvalue weighted by Gasteiger charge is 2.23. The normalized spacial score (nSPS) is 20.1. The monoisotopic (exact) mass is 374 g/mol. The fraction of sp³-hybridized carbons (Fsp3) is 0.526. The molecule has 0 spiro atoms. The molecule has 26 heavy (non-hydrogen) atoms. The van der Waals surface area contributed by atoms with Crippen LogP contribution in [0.25, 0.3) is 11.0 Å². The highest BCUT2D eigenvalue weighted by atomic mass is 35.5. The molecule has 2 heterocycles. The Balaban J connectivity index is 1.81. The average Bonchev–Trinajstić information content (AvgIpc) is 2.88. The SMILES string of the molecule is CC([C@H](C)/N=C(/Cl)c1nc2ccccc2n1C=N)N1CCCN(C)CC1. The molecule has 1 aromatic heterocycles. The summed E-state index contributed by atoms with van der Waals surface area (Å²) < 4.78 is 1.68. The number of rotatable bonds is 5. The lowest BCUT2D eigenvalue weighted by Crippen LogP contribution is -2.42. The summed E-state index contributed by atoms with van der Waals surface area (Å²) in [6, 6.07) is 8.06. The van der Waals surface area contributed by atoms with Gasteiger partial charge in [0, 0.05) is 19.1 Å². The van der Waals surface area contributed by atoms with Gasteiger partial charge in [0.15, 0.2) is 11.0 Å². The van der Waals surface area contributed by atoms with Crippen LogP contribution in [0.4, 0.5) is 0 Å². The van der Waals surface area contributed by atoms with Gasteiger partial charge in [-0.1, -0.05) is 23.7 Å². The molecule has 1 aliphatic heterocycles. The summed E-state index contributed by atoms with van der Waals surface area (Å²) in [5, 5.41) is 8.08. The maximum atomic E-state index is 7.72. The summed E-state index contributed by atoms with van der Waals surface area (Å²) in [5.74, 6) is 0.525. The standard InChI is InChI=1S/C19H27ClN6/c1-14(15(2)25-10-6-9-24(3)11-12-25)22-18(20)19-23-16-7-4-5-8-17(16)26(19)13-21/h4-5,7-8,13-15,21H,6,9-12H2,1-3H3/b21-13?,22-18+/t14-,15?/m0/s1. The summed E-state index contributed by atoms with van der Waals surface area (Å²) in [4.78, 5) is 14.1. The van der Waals surface area contributed by atoms with E-state index in [0.717, 1.165) is 37.2 Å². The number of nitrogens with one attached hydrogen (secondary N) is 1. The predicted octanol–water partition coefficient (Wildman–Crippen LogP) is 2.89. The molecule has 2 aromatic rings. The molecular weight excluding hydrogens is 348 g/mol. The van der Waals surface area contributed by atoms with Crippen molar-refractivity contribution in [1.29, 1.82) is 5.41 Å². The zero-order valence-electron chi connectivity index (χ0n) is 15.7. The van der Waals surface area contributed by atoms with Crippen LogP contribution in [0.5, 0.6) is 0 Å². The number of aromatic nitrogens is 2. The van der Waals surface area contributed by atoms with E-state index in [2.05, 4.69) is 35.7 Å². The van der Waals surface area contributed by atoms with Crippen molar-refractivity contribution in [3.05, 3.63) is 30.1 Å². The topological polar surface area (TPSA) is 60.5 Å². The van der Waals surface area contributed by atoms with E-state index in [-0.39, 0.29) is 6.04 Å². The van der Waals surface area contributed by atoms with Crippen LogP contribution in [0.2, 0.25) is 0 Å². The Morgan fingerprint density at radius 3 is 2.77 bits per heavy atom. The third kappa shape index (κ3) is 3.98. The highest BCUT2D eigenvalue weighted by Crippen LogP contribution is 2.18. The molecule has 6 nitrogen and oxygen atoms in total. The summed E-state index contributed by atoms with van der Waals surface area (Å²) >= 11 is 6.53. The lowest BCUT2D eigenvalue weighted by atomic mass is 10.1. The average molecular weight is 375 g/mol. The molecule has 0 radical (unpaired) electrons. The molecule has 0 saturated carbocycles. The molecule has 2 atom stereocenters. The van der Waals surface area contributed by atoms with Crippen LogP contribution in [-0.2, 0) is 0 Å². The third-order valence-corrected chi connectivity index (χ3v) is 5.52. The Kier molecular flexibility index (Phi) is 6.06. The van der Waals surface area contributed by atoms with Crippen molar-refractivity contribution < 1.29 is 0 Å². The first-order valence-corrected chi connectivity index (χ1v) is 9.53. The first-order valence-electron chi connectivity index (χ1n) is 9.15. The van der Waals surface area contributed by atoms with Gasteiger partial charge in [-0.3, -0.25) is 19.9 Å². The lowest BCUT2D eigenvalue weighted by Gasteiger charge is -2.30. The number of halogens is 1. The summed E-state index contributed by atoms with van der Waals surface area (Å²) in [5.41, 5.74) is 1.68. The molecule has 1 N–H and O–H groups in total. The van der Waals surface area contributed by atoms with Crippen LogP contribution >= 0.6 is 11.6 Å². The molecular formula is C19H27ClN6. The minimum atomic E-state index is 0.0462. The zero-order valence-corrected chi connectivity index (χ0v) is 16.4. The Morgan fingerprint density at radius 2 is 2.00 bits per heavy atom. The molecule has 0 aliphatic carbocycles. The fourth-order valence-corrected chi connectivity index (χ4v) is 3.73. The number of nitrogens with zero attached hydrogens (tertiary/aromatic N) is 5. The molecule has 0 amide bonds. The quantitative estimate of drug-likeness (QED) is 0.646. The number of aliphatic imine (C=N–C) groups is 1. The van der Waals surface area contributed by atoms with Gasteiger partial charge < -0.3 is 4.90 Å². The van der Waals surface area contributed by atoms with Crippen molar-refractivity contribution in [1.82, 2.24) is 19.4 Å². The number of hydrogen-bond donors (Lipinski definition) is 1. The van der Waals surface area contributed by atoms with E-state index in [1.807, 2.05) is 24.3 Å². The number of benzene rings is 1. The van der Waals surface area contributed by atoms with E-state index in [0.29, 0.717) is 17.0 Å². The number of hydrogen-bond acceptors (Lipinski definition) is 5. The highest BCUT2D eigenvalue weighted by molar-refractivity contribution is 6.69. The van der Waals surface area contributed by atoms with Crippen molar-refractivity contribution >= 4 is 34.1 Å². The molecule has 0 bridgehead atoms.